The van der Waals surface area contributed by atoms with Crippen molar-refractivity contribution in [3.63, 3.8) is 0 Å². The normalized spacial score (nSPS) is 16.0. The van der Waals surface area contributed by atoms with Crippen LogP contribution in [0.25, 0.3) is 11.0 Å². The Hall–Kier alpha value is -2.59. The van der Waals surface area contributed by atoms with Gasteiger partial charge in [0.2, 0.25) is 0 Å². The number of rotatable bonds is 4. The number of carbonyl (C=O) groups excluding carboxylic acids is 1. The lowest BCUT2D eigenvalue weighted by Crippen LogP contribution is -2.44. The Bertz CT molecular complexity index is 893. The number of furan rings is 1. The molecular weight excluding hydrogens is 324 g/mol. The molecule has 0 spiro atoms. The maximum absolute atomic E-state index is 12.5. The lowest BCUT2D eigenvalue weighted by molar-refractivity contribution is 0.0883. The van der Waals surface area contributed by atoms with Crippen LogP contribution in [-0.2, 0) is 6.54 Å². The molecule has 4 heteroatoms. The van der Waals surface area contributed by atoms with Gasteiger partial charge in [-0.15, -0.1) is 0 Å². The monoisotopic (exact) mass is 348 g/mol. The third-order valence-electron chi connectivity index (χ3n) is 5.07. The topological polar surface area (TPSA) is 45.5 Å². The van der Waals surface area contributed by atoms with Crippen molar-refractivity contribution in [2.75, 3.05) is 13.1 Å². The first-order chi connectivity index (χ1) is 12.7. The molecule has 0 atom stereocenters. The van der Waals surface area contributed by atoms with Gasteiger partial charge < -0.3 is 9.73 Å². The number of fused-ring (bicyclic) bond motifs is 1. The fourth-order valence-electron chi connectivity index (χ4n) is 3.58. The molecule has 1 N–H and O–H groups in total. The third-order valence-corrected chi connectivity index (χ3v) is 5.07. The van der Waals surface area contributed by atoms with Gasteiger partial charge >= 0.3 is 0 Å². The zero-order valence-corrected chi connectivity index (χ0v) is 15.1. The van der Waals surface area contributed by atoms with Crippen LogP contribution in [0.5, 0.6) is 0 Å². The molecular formula is C22H24N2O2. The van der Waals surface area contributed by atoms with E-state index in [9.17, 15) is 4.79 Å². The summed E-state index contributed by atoms with van der Waals surface area (Å²) in [6.45, 7) is 4.99. The van der Waals surface area contributed by atoms with Crippen molar-refractivity contribution in [1.29, 1.82) is 0 Å². The fourth-order valence-corrected chi connectivity index (χ4v) is 3.58. The summed E-state index contributed by atoms with van der Waals surface area (Å²) in [4.78, 5) is 15.0. The summed E-state index contributed by atoms with van der Waals surface area (Å²) in [6, 6.07) is 18.6. The smallest absolute Gasteiger partial charge is 0.287 e. The average molecular weight is 348 g/mol. The highest BCUT2D eigenvalue weighted by Gasteiger charge is 2.22. The Morgan fingerprint density at radius 2 is 1.88 bits per heavy atom. The molecule has 26 heavy (non-hydrogen) atoms. The van der Waals surface area contributed by atoms with E-state index in [0.717, 1.165) is 49.0 Å². The van der Waals surface area contributed by atoms with Gasteiger partial charge in [0.1, 0.15) is 5.58 Å². The standard InChI is InChI=1S/C22H24N2O2/c1-16-7-8-18-14-21(26-20(18)13-16)22(25)23-19-9-11-24(12-10-19)15-17-5-3-2-4-6-17/h2-8,13-14,19H,9-12,15H2,1H3,(H,23,25). The Kier molecular flexibility index (Phi) is 4.76. The zero-order valence-electron chi connectivity index (χ0n) is 15.1. The van der Waals surface area contributed by atoms with Crippen molar-refractivity contribution in [3.05, 3.63) is 71.5 Å². The summed E-state index contributed by atoms with van der Waals surface area (Å²) in [5.41, 5.74) is 3.24. The zero-order chi connectivity index (χ0) is 17.9. The second-order valence-corrected chi connectivity index (χ2v) is 7.16. The molecule has 1 aliphatic rings. The van der Waals surface area contributed by atoms with E-state index in [1.807, 2.05) is 37.3 Å². The number of hydrogen-bond donors (Lipinski definition) is 1. The molecule has 3 aromatic rings. The summed E-state index contributed by atoms with van der Waals surface area (Å²) >= 11 is 0. The van der Waals surface area contributed by atoms with Crippen LogP contribution in [0, 0.1) is 6.92 Å². The van der Waals surface area contributed by atoms with Gasteiger partial charge in [-0.3, -0.25) is 9.69 Å². The quantitative estimate of drug-likeness (QED) is 0.771. The maximum atomic E-state index is 12.5. The first kappa shape index (κ1) is 16.9. The maximum Gasteiger partial charge on any atom is 0.287 e. The summed E-state index contributed by atoms with van der Waals surface area (Å²) in [7, 11) is 0. The highest BCUT2D eigenvalue weighted by molar-refractivity contribution is 5.96. The van der Waals surface area contributed by atoms with Crippen LogP contribution < -0.4 is 5.32 Å². The molecule has 4 rings (SSSR count). The molecule has 1 saturated heterocycles. The van der Waals surface area contributed by atoms with Crippen LogP contribution in [0.4, 0.5) is 0 Å². The molecule has 0 saturated carbocycles. The van der Waals surface area contributed by atoms with Gasteiger partial charge in [0.15, 0.2) is 5.76 Å². The number of nitrogens with one attached hydrogen (secondary N) is 1. The number of amides is 1. The minimum atomic E-state index is -0.111. The first-order valence-corrected chi connectivity index (χ1v) is 9.25. The molecule has 4 nitrogen and oxygen atoms in total. The number of carbonyl (C=O) groups is 1. The number of nitrogens with zero attached hydrogens (tertiary/aromatic N) is 1. The highest BCUT2D eigenvalue weighted by atomic mass is 16.3. The fraction of sp³-hybridized carbons (Fsp3) is 0.318. The molecule has 134 valence electrons. The summed E-state index contributed by atoms with van der Waals surface area (Å²) in [5.74, 6) is 0.290. The van der Waals surface area contributed by atoms with E-state index in [4.69, 9.17) is 4.42 Å². The Morgan fingerprint density at radius 1 is 1.12 bits per heavy atom. The van der Waals surface area contributed by atoms with E-state index in [2.05, 4.69) is 34.5 Å². The minimum Gasteiger partial charge on any atom is -0.451 e. The van der Waals surface area contributed by atoms with Crippen LogP contribution in [0.15, 0.2) is 59.0 Å². The second kappa shape index (κ2) is 7.34. The third kappa shape index (κ3) is 3.81. The lowest BCUT2D eigenvalue weighted by atomic mass is 10.0. The summed E-state index contributed by atoms with van der Waals surface area (Å²) in [6.07, 6.45) is 1.94. The van der Waals surface area contributed by atoms with Crippen molar-refractivity contribution in [2.24, 2.45) is 0 Å². The molecule has 0 bridgehead atoms. The molecule has 0 unspecified atom stereocenters. The predicted octanol–water partition coefficient (Wildman–Crippen LogP) is 4.14. The van der Waals surface area contributed by atoms with Crippen LogP contribution in [-0.4, -0.2) is 29.9 Å². The molecule has 2 aromatic carbocycles. The van der Waals surface area contributed by atoms with Crippen molar-refractivity contribution >= 4 is 16.9 Å². The van der Waals surface area contributed by atoms with Crippen LogP contribution in [0.1, 0.15) is 34.5 Å². The Morgan fingerprint density at radius 3 is 2.65 bits per heavy atom. The number of aryl methyl sites for hydroxylation is 1. The molecule has 0 radical (unpaired) electrons. The Balaban J connectivity index is 1.32. The van der Waals surface area contributed by atoms with Gasteiger partial charge in [-0.25, -0.2) is 0 Å². The minimum absolute atomic E-state index is 0.111. The number of likely N-dealkylation sites (tertiary alicyclic amines) is 1. The second-order valence-electron chi connectivity index (χ2n) is 7.16. The van der Waals surface area contributed by atoms with E-state index in [-0.39, 0.29) is 11.9 Å². The SMILES string of the molecule is Cc1ccc2cc(C(=O)NC3CCN(Cc4ccccc4)CC3)oc2c1. The van der Waals surface area contributed by atoms with Crippen molar-refractivity contribution < 1.29 is 9.21 Å². The van der Waals surface area contributed by atoms with Gasteiger partial charge in [0.05, 0.1) is 0 Å². The number of hydrogen-bond acceptors (Lipinski definition) is 3. The molecule has 0 aliphatic carbocycles. The lowest BCUT2D eigenvalue weighted by Gasteiger charge is -2.32. The van der Waals surface area contributed by atoms with Gasteiger partial charge in [-0.1, -0.05) is 42.5 Å². The molecule has 1 aliphatic heterocycles. The van der Waals surface area contributed by atoms with Gasteiger partial charge in [0.25, 0.3) is 5.91 Å². The van der Waals surface area contributed by atoms with Gasteiger partial charge in [-0.05, 0) is 43.0 Å². The molecule has 1 fully saturated rings. The van der Waals surface area contributed by atoms with Crippen molar-refractivity contribution in [3.8, 4) is 0 Å². The molecule has 2 heterocycles. The van der Waals surface area contributed by atoms with E-state index in [0.29, 0.717) is 5.76 Å². The van der Waals surface area contributed by atoms with Crippen LogP contribution in [0.2, 0.25) is 0 Å². The van der Waals surface area contributed by atoms with Gasteiger partial charge in [0, 0.05) is 31.1 Å². The van der Waals surface area contributed by atoms with E-state index in [1.165, 1.54) is 5.56 Å². The Labute approximate surface area is 153 Å². The van der Waals surface area contributed by atoms with Crippen LogP contribution >= 0.6 is 0 Å². The number of benzene rings is 2. The average Bonchev–Trinajstić information content (AvgIpc) is 3.07. The molecule has 1 amide bonds. The summed E-state index contributed by atoms with van der Waals surface area (Å²) < 4.78 is 5.73. The van der Waals surface area contributed by atoms with Crippen molar-refractivity contribution in [1.82, 2.24) is 10.2 Å². The molecule has 1 aromatic heterocycles. The first-order valence-electron chi connectivity index (χ1n) is 9.25. The van der Waals surface area contributed by atoms with Gasteiger partial charge in [-0.2, -0.15) is 0 Å². The van der Waals surface area contributed by atoms with E-state index < -0.39 is 0 Å². The van der Waals surface area contributed by atoms with E-state index >= 15 is 0 Å². The predicted molar refractivity (Wildman–Crippen MR) is 103 cm³/mol. The highest BCUT2D eigenvalue weighted by Crippen LogP contribution is 2.21. The number of piperidine rings is 1. The van der Waals surface area contributed by atoms with Crippen LogP contribution in [0.3, 0.4) is 0 Å². The largest absolute Gasteiger partial charge is 0.451 e. The summed E-state index contributed by atoms with van der Waals surface area (Å²) in [5, 5.41) is 4.11. The van der Waals surface area contributed by atoms with E-state index in [1.54, 1.807) is 0 Å². The van der Waals surface area contributed by atoms with Crippen molar-refractivity contribution in [2.45, 2.75) is 32.4 Å².